The second kappa shape index (κ2) is 7.43. The highest BCUT2D eigenvalue weighted by Crippen LogP contribution is 2.24. The van der Waals surface area contributed by atoms with Crippen molar-refractivity contribution in [3.05, 3.63) is 42.6 Å². The highest BCUT2D eigenvalue weighted by Gasteiger charge is 2.22. The largest absolute Gasteiger partial charge is 0.337 e. The Bertz CT molecular complexity index is 662. The summed E-state index contributed by atoms with van der Waals surface area (Å²) in [6.07, 6.45) is 10.9. The van der Waals surface area contributed by atoms with Crippen LogP contribution in [0.15, 0.2) is 35.4 Å². The molecule has 0 spiro atoms. The number of nitrogens with zero attached hydrogens (tertiary/aromatic N) is 2. The van der Waals surface area contributed by atoms with Crippen LogP contribution in [0.2, 0.25) is 0 Å². The molecule has 1 unspecified atom stereocenters. The van der Waals surface area contributed by atoms with Crippen LogP contribution >= 0.6 is 0 Å². The van der Waals surface area contributed by atoms with Gasteiger partial charge in [0, 0.05) is 17.1 Å². The Morgan fingerprint density at radius 3 is 2.74 bits per heavy atom. The third-order valence-electron chi connectivity index (χ3n) is 4.37. The van der Waals surface area contributed by atoms with Crippen molar-refractivity contribution in [3.8, 4) is 11.8 Å². The molecule has 1 saturated heterocycles. The van der Waals surface area contributed by atoms with Gasteiger partial charge >= 0.3 is 0 Å². The van der Waals surface area contributed by atoms with Gasteiger partial charge in [-0.3, -0.25) is 0 Å². The molecule has 1 aromatic heterocycles. The highest BCUT2D eigenvalue weighted by molar-refractivity contribution is 5.68. The molecule has 1 aliphatic carbocycles. The van der Waals surface area contributed by atoms with Crippen LogP contribution in [0.4, 0.5) is 0 Å². The first-order chi connectivity index (χ1) is 11.2. The summed E-state index contributed by atoms with van der Waals surface area (Å²) in [6, 6.07) is 0.181. The lowest BCUT2D eigenvalue weighted by molar-refractivity contribution is 0.343. The van der Waals surface area contributed by atoms with Gasteiger partial charge in [0.05, 0.1) is 6.04 Å². The van der Waals surface area contributed by atoms with E-state index in [1.807, 2.05) is 12.2 Å². The average molecular weight is 309 g/mol. The molecule has 1 saturated carbocycles. The van der Waals surface area contributed by atoms with Crippen molar-refractivity contribution >= 4 is 5.57 Å². The fraction of sp³-hybridized carbons (Fsp3) is 0.474. The van der Waals surface area contributed by atoms with E-state index in [2.05, 4.69) is 40.5 Å². The monoisotopic (exact) mass is 309 g/mol. The molecule has 4 nitrogen and oxygen atoms in total. The fourth-order valence-corrected chi connectivity index (χ4v) is 2.98. The van der Waals surface area contributed by atoms with Crippen molar-refractivity contribution in [2.45, 2.75) is 44.6 Å². The average Bonchev–Trinajstić information content (AvgIpc) is 3.31. The van der Waals surface area contributed by atoms with Gasteiger partial charge in [-0.1, -0.05) is 49.1 Å². The molecule has 120 valence electrons. The molecule has 1 N–H and O–H groups in total. The van der Waals surface area contributed by atoms with E-state index in [9.17, 15) is 0 Å². The van der Waals surface area contributed by atoms with Gasteiger partial charge in [-0.25, -0.2) is 0 Å². The molecular weight excluding hydrogens is 286 g/mol. The van der Waals surface area contributed by atoms with Crippen LogP contribution in [0, 0.1) is 17.8 Å². The molecule has 2 aliphatic rings. The Kier molecular flexibility index (Phi) is 5.09. The molecule has 3 rings (SSSR count). The smallest absolute Gasteiger partial charge is 0.244 e. The summed E-state index contributed by atoms with van der Waals surface area (Å²) in [7, 11) is 0. The number of hydrogen-bond acceptors (Lipinski definition) is 4. The summed E-state index contributed by atoms with van der Waals surface area (Å²) in [5.74, 6) is 8.15. The Hall–Kier alpha value is -2.12. The minimum atomic E-state index is 0.181. The molecule has 2 fully saturated rings. The van der Waals surface area contributed by atoms with Gasteiger partial charge < -0.3 is 9.84 Å². The minimum absolute atomic E-state index is 0.181. The molecule has 4 heteroatoms. The first-order valence-electron chi connectivity index (χ1n) is 8.37. The van der Waals surface area contributed by atoms with Crippen molar-refractivity contribution in [2.24, 2.45) is 5.92 Å². The zero-order chi connectivity index (χ0) is 16.1. The topological polar surface area (TPSA) is 51.0 Å². The van der Waals surface area contributed by atoms with Crippen LogP contribution < -0.4 is 5.32 Å². The molecule has 1 aromatic rings. The van der Waals surface area contributed by atoms with Crippen molar-refractivity contribution in [3.63, 3.8) is 0 Å². The van der Waals surface area contributed by atoms with Crippen LogP contribution in [0.5, 0.6) is 0 Å². The van der Waals surface area contributed by atoms with E-state index in [1.165, 1.54) is 25.7 Å². The lowest BCUT2D eigenvalue weighted by atomic mass is 10.1. The molecule has 1 aliphatic heterocycles. The number of nitrogens with one attached hydrogen (secondary N) is 1. The Morgan fingerprint density at radius 1 is 1.17 bits per heavy atom. The third kappa shape index (κ3) is 4.20. The van der Waals surface area contributed by atoms with Crippen LogP contribution in [-0.4, -0.2) is 16.7 Å². The Labute approximate surface area is 137 Å². The first kappa shape index (κ1) is 15.8. The van der Waals surface area contributed by atoms with E-state index < -0.39 is 0 Å². The van der Waals surface area contributed by atoms with Crippen LogP contribution in [0.1, 0.15) is 56.3 Å². The van der Waals surface area contributed by atoms with E-state index in [0.717, 1.165) is 25.0 Å². The summed E-state index contributed by atoms with van der Waals surface area (Å²) in [5.41, 5.74) is 1.50. The third-order valence-corrected chi connectivity index (χ3v) is 4.37. The maximum atomic E-state index is 5.32. The van der Waals surface area contributed by atoms with E-state index in [1.54, 1.807) is 0 Å². The fourth-order valence-electron chi connectivity index (χ4n) is 2.98. The van der Waals surface area contributed by atoms with Crippen molar-refractivity contribution < 1.29 is 4.52 Å². The second-order valence-corrected chi connectivity index (χ2v) is 6.24. The standard InChI is InChI=1S/C19H23N3O/c1-14(10-12-16-6-3-4-7-16)9-11-15(2)18-21-19(23-22-18)17-8-5-13-20-17/h9,11,16-17,20H,1-8,13H2. The maximum absolute atomic E-state index is 5.32. The van der Waals surface area contributed by atoms with Crippen molar-refractivity contribution in [1.82, 2.24) is 15.5 Å². The molecule has 2 heterocycles. The molecule has 1 atom stereocenters. The maximum Gasteiger partial charge on any atom is 0.244 e. The summed E-state index contributed by atoms with van der Waals surface area (Å²) >= 11 is 0. The van der Waals surface area contributed by atoms with Gasteiger partial charge in [0.15, 0.2) is 0 Å². The number of aromatic nitrogens is 2. The summed E-state index contributed by atoms with van der Waals surface area (Å²) in [5, 5.41) is 7.35. The molecular formula is C19H23N3O. The van der Waals surface area contributed by atoms with Crippen LogP contribution in [0.25, 0.3) is 5.57 Å². The normalized spacial score (nSPS) is 21.5. The molecule has 0 aromatic carbocycles. The molecule has 0 radical (unpaired) electrons. The predicted molar refractivity (Wildman–Crippen MR) is 91.3 cm³/mol. The Balaban J connectivity index is 1.56. The van der Waals surface area contributed by atoms with E-state index >= 15 is 0 Å². The summed E-state index contributed by atoms with van der Waals surface area (Å²) in [6.45, 7) is 8.97. The lowest BCUT2D eigenvalue weighted by Gasteiger charge is -2.01. The van der Waals surface area contributed by atoms with Gasteiger partial charge in [-0.2, -0.15) is 4.98 Å². The number of allylic oxidation sites excluding steroid dienone is 4. The van der Waals surface area contributed by atoms with E-state index in [-0.39, 0.29) is 6.04 Å². The predicted octanol–water partition coefficient (Wildman–Crippen LogP) is 3.81. The van der Waals surface area contributed by atoms with Gasteiger partial charge in [-0.05, 0) is 38.3 Å². The molecule has 0 bridgehead atoms. The minimum Gasteiger partial charge on any atom is -0.337 e. The Morgan fingerprint density at radius 2 is 2.00 bits per heavy atom. The van der Waals surface area contributed by atoms with Crippen LogP contribution in [-0.2, 0) is 0 Å². The lowest BCUT2D eigenvalue weighted by Crippen LogP contribution is -2.13. The molecule has 23 heavy (non-hydrogen) atoms. The van der Waals surface area contributed by atoms with Crippen molar-refractivity contribution in [1.29, 1.82) is 0 Å². The highest BCUT2D eigenvalue weighted by atomic mass is 16.5. The van der Waals surface area contributed by atoms with Gasteiger partial charge in [0.2, 0.25) is 11.7 Å². The zero-order valence-electron chi connectivity index (χ0n) is 13.5. The quantitative estimate of drug-likeness (QED) is 0.678. The zero-order valence-corrected chi connectivity index (χ0v) is 13.5. The summed E-state index contributed by atoms with van der Waals surface area (Å²) < 4.78 is 5.32. The second-order valence-electron chi connectivity index (χ2n) is 6.24. The van der Waals surface area contributed by atoms with Crippen LogP contribution in [0.3, 0.4) is 0 Å². The number of hydrogen-bond donors (Lipinski definition) is 1. The van der Waals surface area contributed by atoms with E-state index in [0.29, 0.717) is 23.2 Å². The molecule has 0 amide bonds. The van der Waals surface area contributed by atoms with Gasteiger partial charge in [0.25, 0.3) is 0 Å². The van der Waals surface area contributed by atoms with Gasteiger partial charge in [0.1, 0.15) is 0 Å². The first-order valence-corrected chi connectivity index (χ1v) is 8.37. The van der Waals surface area contributed by atoms with E-state index in [4.69, 9.17) is 4.52 Å². The SMILES string of the molecule is C=C(C#CC1CCCC1)C=CC(=C)c1noc(C2CCCN2)n1. The van der Waals surface area contributed by atoms with Gasteiger partial charge in [-0.15, -0.1) is 0 Å². The van der Waals surface area contributed by atoms with Crippen molar-refractivity contribution in [2.75, 3.05) is 6.54 Å². The summed E-state index contributed by atoms with van der Waals surface area (Å²) in [4.78, 5) is 4.42. The number of rotatable bonds is 4.